The van der Waals surface area contributed by atoms with Crippen molar-refractivity contribution in [3.05, 3.63) is 18.0 Å². The van der Waals surface area contributed by atoms with E-state index in [4.69, 9.17) is 0 Å². The van der Waals surface area contributed by atoms with Crippen molar-refractivity contribution in [1.82, 2.24) is 14.9 Å². The molecule has 20 heavy (non-hydrogen) atoms. The summed E-state index contributed by atoms with van der Waals surface area (Å²) in [6, 6.07) is 1.62. The van der Waals surface area contributed by atoms with Gasteiger partial charge in [0, 0.05) is 24.8 Å². The molecule has 2 aliphatic rings. The fourth-order valence-corrected chi connectivity index (χ4v) is 3.12. The van der Waals surface area contributed by atoms with Crippen LogP contribution in [0.5, 0.6) is 0 Å². The molecule has 2 saturated heterocycles. The molecular formula is C13H17F3N4. The van der Waals surface area contributed by atoms with Crippen molar-refractivity contribution < 1.29 is 13.2 Å². The summed E-state index contributed by atoms with van der Waals surface area (Å²) in [6.07, 6.45) is 1.02. The van der Waals surface area contributed by atoms with E-state index in [1.165, 1.54) is 12.8 Å². The normalized spacial score (nSPS) is 27.4. The van der Waals surface area contributed by atoms with Crippen molar-refractivity contribution in [2.75, 3.05) is 18.4 Å². The summed E-state index contributed by atoms with van der Waals surface area (Å²) in [5.74, 6) is 0.0799. The molecule has 0 bridgehead atoms. The lowest BCUT2D eigenvalue weighted by atomic mass is 9.98. The van der Waals surface area contributed by atoms with Gasteiger partial charge in [-0.15, -0.1) is 0 Å². The molecule has 2 unspecified atom stereocenters. The molecule has 0 spiro atoms. The van der Waals surface area contributed by atoms with Crippen LogP contribution in [-0.4, -0.2) is 40.0 Å². The largest absolute Gasteiger partial charge is 0.433 e. The number of hydrogen-bond acceptors (Lipinski definition) is 4. The molecule has 4 nitrogen and oxygen atoms in total. The average Bonchev–Trinajstić information content (AvgIpc) is 2.85. The van der Waals surface area contributed by atoms with Gasteiger partial charge in [-0.1, -0.05) is 0 Å². The second-order valence-corrected chi connectivity index (χ2v) is 5.46. The summed E-state index contributed by atoms with van der Waals surface area (Å²) < 4.78 is 37.8. The summed E-state index contributed by atoms with van der Waals surface area (Å²) in [5, 5.41) is 3.06. The van der Waals surface area contributed by atoms with Crippen LogP contribution in [0, 0.1) is 0 Å². The molecule has 1 aromatic rings. The van der Waals surface area contributed by atoms with E-state index in [0.29, 0.717) is 6.04 Å². The molecule has 110 valence electrons. The monoisotopic (exact) mass is 286 g/mol. The first-order valence-electron chi connectivity index (χ1n) is 6.93. The van der Waals surface area contributed by atoms with Crippen LogP contribution in [0.25, 0.3) is 0 Å². The molecule has 2 aliphatic heterocycles. The number of nitrogens with zero attached hydrogens (tertiary/aromatic N) is 3. The van der Waals surface area contributed by atoms with E-state index in [1.54, 1.807) is 0 Å². The van der Waals surface area contributed by atoms with Gasteiger partial charge in [-0.3, -0.25) is 0 Å². The smallest absolute Gasteiger partial charge is 0.351 e. The number of halogens is 3. The molecule has 1 N–H and O–H groups in total. The molecule has 3 rings (SSSR count). The van der Waals surface area contributed by atoms with Crippen molar-refractivity contribution in [1.29, 1.82) is 0 Å². The topological polar surface area (TPSA) is 41.1 Å². The minimum absolute atomic E-state index is 0.0799. The summed E-state index contributed by atoms with van der Waals surface area (Å²) in [7, 11) is 0. The van der Waals surface area contributed by atoms with Crippen LogP contribution < -0.4 is 5.32 Å². The van der Waals surface area contributed by atoms with Crippen LogP contribution in [0.1, 0.15) is 31.4 Å². The minimum Gasteiger partial charge on any atom is -0.351 e. The zero-order chi connectivity index (χ0) is 14.2. The summed E-state index contributed by atoms with van der Waals surface area (Å²) in [6.45, 7) is 2.15. The Balaban J connectivity index is 1.66. The fraction of sp³-hybridized carbons (Fsp3) is 0.692. The van der Waals surface area contributed by atoms with E-state index >= 15 is 0 Å². The van der Waals surface area contributed by atoms with Crippen molar-refractivity contribution in [2.24, 2.45) is 0 Å². The first-order valence-corrected chi connectivity index (χ1v) is 6.93. The second-order valence-electron chi connectivity index (χ2n) is 5.46. The zero-order valence-electron chi connectivity index (χ0n) is 11.0. The van der Waals surface area contributed by atoms with E-state index in [1.807, 2.05) is 0 Å². The Morgan fingerprint density at radius 1 is 1.25 bits per heavy atom. The number of nitrogens with one attached hydrogen (secondary N) is 1. The summed E-state index contributed by atoms with van der Waals surface area (Å²) in [4.78, 5) is 9.92. The van der Waals surface area contributed by atoms with E-state index in [-0.39, 0.29) is 12.0 Å². The quantitative estimate of drug-likeness (QED) is 0.907. The van der Waals surface area contributed by atoms with E-state index in [2.05, 4.69) is 20.2 Å². The minimum atomic E-state index is -4.42. The highest BCUT2D eigenvalue weighted by molar-refractivity contribution is 5.28. The lowest BCUT2D eigenvalue weighted by Crippen LogP contribution is -2.43. The number of rotatable bonds is 2. The highest BCUT2D eigenvalue weighted by atomic mass is 19.4. The molecule has 0 aliphatic carbocycles. The Kier molecular flexibility index (Phi) is 3.54. The summed E-state index contributed by atoms with van der Waals surface area (Å²) >= 11 is 0. The van der Waals surface area contributed by atoms with Gasteiger partial charge in [0.1, 0.15) is 5.69 Å². The van der Waals surface area contributed by atoms with Crippen LogP contribution >= 0.6 is 0 Å². The predicted molar refractivity (Wildman–Crippen MR) is 68.3 cm³/mol. The maximum atomic E-state index is 12.6. The number of hydrogen-bond donors (Lipinski definition) is 1. The summed E-state index contributed by atoms with van der Waals surface area (Å²) in [5.41, 5.74) is -0.895. The lowest BCUT2D eigenvalue weighted by molar-refractivity contribution is -0.141. The maximum Gasteiger partial charge on any atom is 0.433 e. The number of fused-ring (bicyclic) bond motifs is 1. The lowest BCUT2D eigenvalue weighted by Gasteiger charge is -2.35. The van der Waals surface area contributed by atoms with Crippen molar-refractivity contribution in [3.8, 4) is 0 Å². The Labute approximate surface area is 115 Å². The van der Waals surface area contributed by atoms with Crippen LogP contribution in [0.2, 0.25) is 0 Å². The van der Waals surface area contributed by atoms with Crippen molar-refractivity contribution in [2.45, 2.75) is 43.9 Å². The molecule has 0 amide bonds. The maximum absolute atomic E-state index is 12.6. The van der Waals surface area contributed by atoms with Gasteiger partial charge >= 0.3 is 6.18 Å². The van der Waals surface area contributed by atoms with Crippen molar-refractivity contribution >= 4 is 5.95 Å². The first kappa shape index (κ1) is 13.6. The number of alkyl halides is 3. The standard InChI is InChI=1S/C13H17F3N4/c14-13(15,16)11-3-5-17-12(19-11)18-9-4-7-20-6-1-2-10(20)8-9/h3,5,9-10H,1-2,4,6-8H2,(H,17,18,19). The Morgan fingerprint density at radius 3 is 2.90 bits per heavy atom. The van der Waals surface area contributed by atoms with Gasteiger partial charge in [-0.05, 0) is 38.3 Å². The molecule has 0 aromatic carbocycles. The fourth-order valence-electron chi connectivity index (χ4n) is 3.12. The Morgan fingerprint density at radius 2 is 2.10 bits per heavy atom. The molecule has 0 radical (unpaired) electrons. The van der Waals surface area contributed by atoms with Crippen molar-refractivity contribution in [3.63, 3.8) is 0 Å². The molecule has 2 atom stereocenters. The number of anilines is 1. The van der Waals surface area contributed by atoms with Gasteiger partial charge in [-0.2, -0.15) is 13.2 Å². The van der Waals surface area contributed by atoms with E-state index in [9.17, 15) is 13.2 Å². The molecular weight excluding hydrogens is 269 g/mol. The highest BCUT2D eigenvalue weighted by Crippen LogP contribution is 2.30. The van der Waals surface area contributed by atoms with Gasteiger partial charge in [0.15, 0.2) is 0 Å². The van der Waals surface area contributed by atoms with Gasteiger partial charge < -0.3 is 10.2 Å². The first-order chi connectivity index (χ1) is 9.52. The third-order valence-electron chi connectivity index (χ3n) is 4.10. The van der Waals surface area contributed by atoms with Gasteiger partial charge in [0.25, 0.3) is 0 Å². The molecule has 7 heteroatoms. The third kappa shape index (κ3) is 2.87. The highest BCUT2D eigenvalue weighted by Gasteiger charge is 2.34. The van der Waals surface area contributed by atoms with Gasteiger partial charge in [0.05, 0.1) is 0 Å². The number of piperidine rings is 1. The Bertz CT molecular complexity index is 477. The van der Waals surface area contributed by atoms with E-state index < -0.39 is 11.9 Å². The van der Waals surface area contributed by atoms with Crippen LogP contribution in [0.15, 0.2) is 12.3 Å². The second kappa shape index (κ2) is 5.20. The molecule has 3 heterocycles. The number of aromatic nitrogens is 2. The molecule has 0 saturated carbocycles. The third-order valence-corrected chi connectivity index (χ3v) is 4.10. The van der Waals surface area contributed by atoms with Crippen LogP contribution in [0.4, 0.5) is 19.1 Å². The average molecular weight is 286 g/mol. The van der Waals surface area contributed by atoms with Crippen LogP contribution in [0.3, 0.4) is 0 Å². The zero-order valence-corrected chi connectivity index (χ0v) is 11.0. The molecule has 2 fully saturated rings. The van der Waals surface area contributed by atoms with E-state index in [0.717, 1.165) is 38.2 Å². The SMILES string of the molecule is FC(F)(F)c1ccnc(NC2CCN3CCCC3C2)n1. The van der Waals surface area contributed by atoms with Gasteiger partial charge in [-0.25, -0.2) is 9.97 Å². The Hall–Kier alpha value is -1.37. The van der Waals surface area contributed by atoms with Crippen LogP contribution in [-0.2, 0) is 6.18 Å². The van der Waals surface area contributed by atoms with Gasteiger partial charge in [0.2, 0.25) is 5.95 Å². The predicted octanol–water partition coefficient (Wildman–Crippen LogP) is 2.53. The molecule has 1 aromatic heterocycles.